The van der Waals surface area contributed by atoms with Gasteiger partial charge in [-0.2, -0.15) is 0 Å². The van der Waals surface area contributed by atoms with Crippen molar-refractivity contribution in [2.45, 2.75) is 12.1 Å². The highest BCUT2D eigenvalue weighted by molar-refractivity contribution is 6.29. The summed E-state index contributed by atoms with van der Waals surface area (Å²) in [6.45, 7) is 0.451. The Morgan fingerprint density at radius 3 is 2.72 bits per heavy atom. The van der Waals surface area contributed by atoms with Gasteiger partial charge < -0.3 is 15.1 Å². The van der Waals surface area contributed by atoms with E-state index in [1.807, 2.05) is 0 Å². The van der Waals surface area contributed by atoms with Gasteiger partial charge in [-0.3, -0.25) is 10.1 Å². The third-order valence-electron chi connectivity index (χ3n) is 3.26. The van der Waals surface area contributed by atoms with Crippen LogP contribution in [0.2, 0.25) is 0 Å². The van der Waals surface area contributed by atoms with Crippen LogP contribution in [0, 0.1) is 5.92 Å². The van der Waals surface area contributed by atoms with Crippen LogP contribution in [0.15, 0.2) is 23.4 Å². The van der Waals surface area contributed by atoms with Crippen molar-refractivity contribution >= 4 is 23.5 Å². The lowest BCUT2D eigenvalue weighted by Gasteiger charge is -2.39. The monoisotopic (exact) mass is 272 g/mol. The van der Waals surface area contributed by atoms with Crippen LogP contribution in [0.4, 0.5) is 0 Å². The molecule has 7 heteroatoms. The maximum atomic E-state index is 11.5. The summed E-state index contributed by atoms with van der Waals surface area (Å²) in [5, 5.41) is 21.5. The Kier molecular flexibility index (Phi) is 3.32. The van der Waals surface area contributed by atoms with Crippen LogP contribution >= 0.6 is 11.6 Å². The van der Waals surface area contributed by atoms with Crippen molar-refractivity contribution in [1.82, 2.24) is 10.2 Å². The zero-order valence-corrected chi connectivity index (χ0v) is 10.2. The largest absolute Gasteiger partial charge is 0.481 e. The second-order valence-corrected chi connectivity index (χ2v) is 4.70. The lowest BCUT2D eigenvalue weighted by Crippen LogP contribution is -2.60. The first-order chi connectivity index (χ1) is 8.47. The summed E-state index contributed by atoms with van der Waals surface area (Å²) >= 11 is 6.01. The minimum Gasteiger partial charge on any atom is -0.481 e. The third kappa shape index (κ3) is 1.97. The molecule has 1 fully saturated rings. The molecule has 1 saturated heterocycles. The molecule has 2 atom stereocenters. The normalized spacial score (nSPS) is 31.3. The maximum absolute atomic E-state index is 11.5. The van der Waals surface area contributed by atoms with Gasteiger partial charge in [-0.15, -0.1) is 0 Å². The van der Waals surface area contributed by atoms with Crippen LogP contribution in [-0.4, -0.2) is 45.8 Å². The Labute approximate surface area is 109 Å². The van der Waals surface area contributed by atoms with E-state index in [0.717, 1.165) is 0 Å². The Hall–Kier alpha value is -1.53. The van der Waals surface area contributed by atoms with Crippen LogP contribution in [0.25, 0.3) is 0 Å². The molecule has 1 unspecified atom stereocenters. The highest BCUT2D eigenvalue weighted by Gasteiger charge is 2.52. The molecule has 2 aliphatic heterocycles. The number of aliphatic carboxylic acids is 2. The van der Waals surface area contributed by atoms with E-state index in [1.165, 1.54) is 4.90 Å². The molecule has 0 aromatic rings. The number of rotatable bonds is 3. The van der Waals surface area contributed by atoms with Crippen LogP contribution in [0.1, 0.15) is 6.42 Å². The summed E-state index contributed by atoms with van der Waals surface area (Å²) < 4.78 is 0. The summed E-state index contributed by atoms with van der Waals surface area (Å²) in [4.78, 5) is 24.0. The summed E-state index contributed by atoms with van der Waals surface area (Å²) in [6, 6.07) is 0. The number of carbonyl (C=O) groups is 2. The topological polar surface area (TPSA) is 89.9 Å². The first-order valence-electron chi connectivity index (χ1n) is 5.48. The molecule has 0 spiro atoms. The predicted octanol–water partition coefficient (Wildman–Crippen LogP) is 0.413. The summed E-state index contributed by atoms with van der Waals surface area (Å²) in [5.74, 6) is -2.84. The molecule has 0 aromatic carbocycles. The number of nitrogens with zero attached hydrogens (tertiary/aromatic N) is 1. The molecule has 0 aliphatic carbocycles. The SMILES string of the molecule is O=C(O)C1CN[C@](C(=O)O)(N2CC=CC=C2Cl)C1. The van der Waals surface area contributed by atoms with Gasteiger partial charge in [0.05, 0.1) is 5.92 Å². The van der Waals surface area contributed by atoms with Crippen LogP contribution < -0.4 is 5.32 Å². The average molecular weight is 273 g/mol. The number of carboxylic acid groups (broad SMARTS) is 2. The van der Waals surface area contributed by atoms with Crippen LogP contribution in [-0.2, 0) is 9.59 Å². The Morgan fingerprint density at radius 1 is 1.50 bits per heavy atom. The summed E-state index contributed by atoms with van der Waals surface area (Å²) in [6.07, 6.45) is 5.07. The van der Waals surface area contributed by atoms with Crippen molar-refractivity contribution < 1.29 is 19.8 Å². The second kappa shape index (κ2) is 4.62. The summed E-state index contributed by atoms with van der Waals surface area (Å²) in [7, 11) is 0. The van der Waals surface area contributed by atoms with E-state index < -0.39 is 23.5 Å². The lowest BCUT2D eigenvalue weighted by molar-refractivity contribution is -0.151. The number of hydrogen-bond acceptors (Lipinski definition) is 4. The first kappa shape index (κ1) is 12.9. The number of halogens is 1. The fraction of sp³-hybridized carbons (Fsp3) is 0.455. The number of hydrogen-bond donors (Lipinski definition) is 3. The third-order valence-corrected chi connectivity index (χ3v) is 3.59. The number of nitrogens with one attached hydrogen (secondary N) is 1. The van der Waals surface area contributed by atoms with Crippen molar-refractivity contribution in [3.05, 3.63) is 23.4 Å². The van der Waals surface area contributed by atoms with Gasteiger partial charge in [-0.1, -0.05) is 23.8 Å². The Bertz CT molecular complexity index is 448. The van der Waals surface area contributed by atoms with Gasteiger partial charge >= 0.3 is 11.9 Å². The molecule has 98 valence electrons. The average Bonchev–Trinajstić information content (AvgIpc) is 2.76. The fourth-order valence-electron chi connectivity index (χ4n) is 2.28. The molecule has 3 N–H and O–H groups in total. The van der Waals surface area contributed by atoms with Crippen LogP contribution in [0.5, 0.6) is 0 Å². The van der Waals surface area contributed by atoms with E-state index in [2.05, 4.69) is 5.32 Å². The molecule has 0 saturated carbocycles. The Balaban J connectivity index is 2.30. The van der Waals surface area contributed by atoms with Gasteiger partial charge in [0.1, 0.15) is 5.16 Å². The lowest BCUT2D eigenvalue weighted by atomic mass is 9.99. The maximum Gasteiger partial charge on any atom is 0.344 e. The molecule has 2 heterocycles. The smallest absolute Gasteiger partial charge is 0.344 e. The van der Waals surface area contributed by atoms with Gasteiger partial charge in [-0.25, -0.2) is 4.79 Å². The molecule has 2 rings (SSSR count). The van der Waals surface area contributed by atoms with Gasteiger partial charge in [0.15, 0.2) is 5.66 Å². The zero-order valence-electron chi connectivity index (χ0n) is 9.47. The van der Waals surface area contributed by atoms with Gasteiger partial charge in [0.2, 0.25) is 0 Å². The molecule has 0 radical (unpaired) electrons. The molecule has 0 bridgehead atoms. The van der Waals surface area contributed by atoms with E-state index >= 15 is 0 Å². The number of carboxylic acids is 2. The summed E-state index contributed by atoms with van der Waals surface area (Å²) in [5.41, 5.74) is -1.44. The standard InChI is InChI=1S/C11H13ClN2O4/c12-8-3-1-2-4-14(8)11(10(17)18)5-7(6-13-11)9(15)16/h1-3,7,13H,4-6H2,(H,15,16)(H,17,18)/t7?,11-/m0/s1. The van der Waals surface area contributed by atoms with Crippen LogP contribution in [0.3, 0.4) is 0 Å². The van der Waals surface area contributed by atoms with Gasteiger partial charge in [0.25, 0.3) is 0 Å². The highest BCUT2D eigenvalue weighted by Crippen LogP contribution is 2.33. The van der Waals surface area contributed by atoms with E-state index in [0.29, 0.717) is 11.7 Å². The van der Waals surface area contributed by atoms with Gasteiger partial charge in [-0.05, 0) is 6.08 Å². The molecule has 2 aliphatic rings. The van der Waals surface area contributed by atoms with Crippen molar-refractivity contribution in [3.8, 4) is 0 Å². The molecule has 6 nitrogen and oxygen atoms in total. The van der Waals surface area contributed by atoms with E-state index in [-0.39, 0.29) is 13.0 Å². The van der Waals surface area contributed by atoms with Gasteiger partial charge in [0, 0.05) is 19.5 Å². The molecule has 0 aromatic heterocycles. The zero-order chi connectivity index (χ0) is 13.3. The molecule has 0 amide bonds. The van der Waals surface area contributed by atoms with Crippen molar-refractivity contribution in [2.75, 3.05) is 13.1 Å². The predicted molar refractivity (Wildman–Crippen MR) is 63.9 cm³/mol. The quantitative estimate of drug-likeness (QED) is 0.645. The highest BCUT2D eigenvalue weighted by atomic mass is 35.5. The minimum absolute atomic E-state index is 0.0183. The van der Waals surface area contributed by atoms with Crippen molar-refractivity contribution in [2.24, 2.45) is 5.92 Å². The van der Waals surface area contributed by atoms with E-state index in [4.69, 9.17) is 16.7 Å². The second-order valence-electron chi connectivity index (χ2n) is 4.31. The molecule has 18 heavy (non-hydrogen) atoms. The minimum atomic E-state index is -1.44. The molecular formula is C11H13ClN2O4. The first-order valence-corrected chi connectivity index (χ1v) is 5.86. The van der Waals surface area contributed by atoms with E-state index in [1.54, 1.807) is 18.2 Å². The van der Waals surface area contributed by atoms with Crippen molar-refractivity contribution in [1.29, 1.82) is 0 Å². The Morgan fingerprint density at radius 2 is 2.22 bits per heavy atom. The van der Waals surface area contributed by atoms with E-state index in [9.17, 15) is 14.7 Å². The fourth-order valence-corrected chi connectivity index (χ4v) is 2.57. The van der Waals surface area contributed by atoms with Crippen molar-refractivity contribution in [3.63, 3.8) is 0 Å². The molecular weight excluding hydrogens is 260 g/mol. The number of allylic oxidation sites excluding steroid dienone is 2.